The fraction of sp³-hybridized carbons (Fsp3) is 1.00. The van der Waals surface area contributed by atoms with Gasteiger partial charge in [-0.15, -0.1) is 0 Å². The van der Waals surface area contributed by atoms with Gasteiger partial charge in [-0.3, -0.25) is 0 Å². The van der Waals surface area contributed by atoms with Gasteiger partial charge in [0, 0.05) is 25.4 Å². The Morgan fingerprint density at radius 1 is 0.850 bits per heavy atom. The number of unbranched alkanes of at least 4 members (excludes halogenated alkanes) is 1. The van der Waals surface area contributed by atoms with Gasteiger partial charge in [-0.25, -0.2) is 0 Å². The van der Waals surface area contributed by atoms with E-state index < -0.39 is 8.80 Å². The zero-order valence-electron chi connectivity index (χ0n) is 14.2. The van der Waals surface area contributed by atoms with Gasteiger partial charge in [-0.1, -0.05) is 20.3 Å². The molecule has 20 heavy (non-hydrogen) atoms. The summed E-state index contributed by atoms with van der Waals surface area (Å²) in [5.41, 5.74) is 0.386. The highest BCUT2D eigenvalue weighted by atomic mass is 28.4. The SMILES string of the molecule is CCCCNCCC(CC)[Si](OCC)(OCC)OCC. The summed E-state index contributed by atoms with van der Waals surface area (Å²) in [5, 5.41) is 3.51. The number of hydrogen-bond acceptors (Lipinski definition) is 4. The van der Waals surface area contributed by atoms with Crippen LogP contribution in [0.25, 0.3) is 0 Å². The van der Waals surface area contributed by atoms with Crippen molar-refractivity contribution >= 4 is 8.80 Å². The molecule has 0 aliphatic heterocycles. The monoisotopic (exact) mass is 305 g/mol. The fourth-order valence-corrected chi connectivity index (χ4v) is 5.58. The van der Waals surface area contributed by atoms with Gasteiger partial charge in [0.1, 0.15) is 0 Å². The minimum atomic E-state index is -2.53. The summed E-state index contributed by atoms with van der Waals surface area (Å²) in [6.45, 7) is 14.6. The molecule has 1 N–H and O–H groups in total. The van der Waals surface area contributed by atoms with Crippen LogP contribution < -0.4 is 5.32 Å². The van der Waals surface area contributed by atoms with Crippen LogP contribution in [0.1, 0.15) is 60.3 Å². The Balaban J connectivity index is 4.53. The van der Waals surface area contributed by atoms with Crippen molar-refractivity contribution in [3.05, 3.63) is 0 Å². The van der Waals surface area contributed by atoms with E-state index in [1.807, 2.05) is 20.8 Å². The summed E-state index contributed by atoms with van der Waals surface area (Å²) in [7, 11) is -2.53. The molecule has 1 atom stereocenters. The molecule has 0 bridgehead atoms. The minimum absolute atomic E-state index is 0.386. The van der Waals surface area contributed by atoms with E-state index in [9.17, 15) is 0 Å². The van der Waals surface area contributed by atoms with E-state index in [1.165, 1.54) is 12.8 Å². The molecule has 5 heteroatoms. The van der Waals surface area contributed by atoms with E-state index in [0.29, 0.717) is 25.4 Å². The second-order valence-corrected chi connectivity index (χ2v) is 7.79. The third-order valence-corrected chi connectivity index (χ3v) is 7.18. The lowest BCUT2D eigenvalue weighted by Gasteiger charge is -2.35. The molecule has 0 fully saturated rings. The van der Waals surface area contributed by atoms with Gasteiger partial charge in [0.25, 0.3) is 0 Å². The molecule has 4 nitrogen and oxygen atoms in total. The van der Waals surface area contributed by atoms with Crippen LogP contribution in [0, 0.1) is 0 Å². The molecule has 0 aromatic carbocycles. The van der Waals surface area contributed by atoms with Crippen LogP contribution >= 0.6 is 0 Å². The molecule has 0 aromatic rings. The van der Waals surface area contributed by atoms with Crippen LogP contribution in [0.2, 0.25) is 5.54 Å². The molecule has 0 saturated heterocycles. The summed E-state index contributed by atoms with van der Waals surface area (Å²) >= 11 is 0. The van der Waals surface area contributed by atoms with Gasteiger partial charge in [-0.05, 0) is 53.1 Å². The molecule has 0 saturated carbocycles. The topological polar surface area (TPSA) is 39.7 Å². The highest BCUT2D eigenvalue weighted by Crippen LogP contribution is 2.31. The second kappa shape index (κ2) is 12.8. The Kier molecular flexibility index (Phi) is 12.8. The molecule has 0 heterocycles. The van der Waals surface area contributed by atoms with E-state index in [4.69, 9.17) is 13.3 Å². The molecule has 0 aliphatic rings. The number of nitrogens with one attached hydrogen (secondary N) is 1. The van der Waals surface area contributed by atoms with Crippen LogP contribution in [0.15, 0.2) is 0 Å². The molecule has 0 spiro atoms. The summed E-state index contributed by atoms with van der Waals surface area (Å²) in [6.07, 6.45) is 4.58. The first-order valence-electron chi connectivity index (χ1n) is 8.33. The molecule has 0 amide bonds. The third-order valence-electron chi connectivity index (χ3n) is 3.41. The van der Waals surface area contributed by atoms with E-state index in [1.54, 1.807) is 0 Å². The molecule has 1 unspecified atom stereocenters. The average molecular weight is 306 g/mol. The van der Waals surface area contributed by atoms with Crippen molar-refractivity contribution in [3.8, 4) is 0 Å². The molecular formula is C15H35NO3Si. The highest BCUT2D eigenvalue weighted by molar-refractivity contribution is 6.62. The first-order valence-corrected chi connectivity index (χ1v) is 10.1. The largest absolute Gasteiger partial charge is 0.504 e. The molecular weight excluding hydrogens is 270 g/mol. The lowest BCUT2D eigenvalue weighted by Crippen LogP contribution is -2.51. The maximum atomic E-state index is 6.01. The van der Waals surface area contributed by atoms with Gasteiger partial charge in [0.2, 0.25) is 0 Å². The molecule has 0 aromatic heterocycles. The smallest absolute Gasteiger partial charge is 0.374 e. The molecule has 0 aliphatic carbocycles. The summed E-state index contributed by atoms with van der Waals surface area (Å²) in [4.78, 5) is 0. The first kappa shape index (κ1) is 20.1. The molecule has 0 rings (SSSR count). The predicted octanol–water partition coefficient (Wildman–Crippen LogP) is 3.59. The maximum absolute atomic E-state index is 6.01. The Hall–Kier alpha value is 0.0569. The quantitative estimate of drug-likeness (QED) is 0.393. The predicted molar refractivity (Wildman–Crippen MR) is 87.1 cm³/mol. The van der Waals surface area contributed by atoms with Crippen LogP contribution in [-0.4, -0.2) is 41.7 Å². The lowest BCUT2D eigenvalue weighted by atomic mass is 10.2. The zero-order valence-corrected chi connectivity index (χ0v) is 15.2. The van der Waals surface area contributed by atoms with Crippen molar-refractivity contribution in [3.63, 3.8) is 0 Å². The van der Waals surface area contributed by atoms with Crippen molar-refractivity contribution in [2.24, 2.45) is 0 Å². The van der Waals surface area contributed by atoms with Gasteiger partial charge in [0.15, 0.2) is 0 Å². The van der Waals surface area contributed by atoms with Crippen LogP contribution in [0.5, 0.6) is 0 Å². The minimum Gasteiger partial charge on any atom is -0.374 e. The van der Waals surface area contributed by atoms with Crippen molar-refractivity contribution < 1.29 is 13.3 Å². The Bertz CT molecular complexity index is 200. The first-order chi connectivity index (χ1) is 9.70. The van der Waals surface area contributed by atoms with Crippen LogP contribution in [-0.2, 0) is 13.3 Å². The van der Waals surface area contributed by atoms with E-state index in [0.717, 1.165) is 25.9 Å². The second-order valence-electron chi connectivity index (χ2n) is 4.90. The summed E-state index contributed by atoms with van der Waals surface area (Å²) < 4.78 is 18.0. The third kappa shape index (κ3) is 7.18. The van der Waals surface area contributed by atoms with Gasteiger partial charge in [0.05, 0.1) is 0 Å². The molecule has 122 valence electrons. The van der Waals surface area contributed by atoms with Crippen molar-refractivity contribution in [2.45, 2.75) is 65.8 Å². The van der Waals surface area contributed by atoms with E-state index in [-0.39, 0.29) is 0 Å². The summed E-state index contributed by atoms with van der Waals surface area (Å²) in [5.74, 6) is 0. The maximum Gasteiger partial charge on any atom is 0.504 e. The van der Waals surface area contributed by atoms with Crippen LogP contribution in [0.4, 0.5) is 0 Å². The Morgan fingerprint density at radius 2 is 1.40 bits per heavy atom. The highest BCUT2D eigenvalue weighted by Gasteiger charge is 2.47. The van der Waals surface area contributed by atoms with Gasteiger partial charge >= 0.3 is 8.80 Å². The molecule has 0 radical (unpaired) electrons. The van der Waals surface area contributed by atoms with Gasteiger partial charge < -0.3 is 18.6 Å². The van der Waals surface area contributed by atoms with Crippen molar-refractivity contribution in [2.75, 3.05) is 32.9 Å². The Morgan fingerprint density at radius 3 is 1.80 bits per heavy atom. The van der Waals surface area contributed by atoms with Crippen molar-refractivity contribution in [1.82, 2.24) is 5.32 Å². The van der Waals surface area contributed by atoms with Crippen molar-refractivity contribution in [1.29, 1.82) is 0 Å². The number of rotatable bonds is 14. The normalized spacial score (nSPS) is 13.7. The fourth-order valence-electron chi connectivity index (χ4n) is 2.42. The van der Waals surface area contributed by atoms with E-state index >= 15 is 0 Å². The zero-order chi connectivity index (χ0) is 15.3. The lowest BCUT2D eigenvalue weighted by molar-refractivity contribution is 0.0591. The summed E-state index contributed by atoms with van der Waals surface area (Å²) in [6, 6.07) is 0. The van der Waals surface area contributed by atoms with Gasteiger partial charge in [-0.2, -0.15) is 0 Å². The van der Waals surface area contributed by atoms with E-state index in [2.05, 4.69) is 19.2 Å². The Labute approximate surface area is 126 Å². The standard InChI is InChI=1S/C15H35NO3Si/c1-6-11-13-16-14-12-15(7-2)20(17-8-3,18-9-4)19-10-5/h15-16H,6-14H2,1-5H3. The number of hydrogen-bond donors (Lipinski definition) is 1. The average Bonchev–Trinajstić information content (AvgIpc) is 2.43. The van der Waals surface area contributed by atoms with Crippen LogP contribution in [0.3, 0.4) is 0 Å².